The van der Waals surface area contributed by atoms with Gasteiger partial charge in [0.1, 0.15) is 19.3 Å². The first-order valence-corrected chi connectivity index (χ1v) is 28.5. The van der Waals surface area contributed by atoms with Crippen LogP contribution >= 0.6 is 0 Å². The SMILES string of the molecule is CCO[Si](CCCNC(=O)OCc1cc(COC(=O)NCCC[Si](OCC)(OCC)OCC)cc(C(OC(=O)NCCC[Si](OCC)(OCC)OCC)C2CO2)c1)(OCC)OCC. The monoisotopic (exact) mass is 951 g/mol. The quantitative estimate of drug-likeness (QED) is 0.0277. The molecule has 22 heteroatoms. The summed E-state index contributed by atoms with van der Waals surface area (Å²) in [5, 5.41) is 8.39. The molecule has 2 rings (SSSR count). The van der Waals surface area contributed by atoms with E-state index < -0.39 is 56.9 Å². The summed E-state index contributed by atoms with van der Waals surface area (Å²) in [4.78, 5) is 38.9. The van der Waals surface area contributed by atoms with Crippen molar-refractivity contribution in [1.82, 2.24) is 16.0 Å². The van der Waals surface area contributed by atoms with Crippen molar-refractivity contribution >= 4 is 44.7 Å². The van der Waals surface area contributed by atoms with E-state index in [0.717, 1.165) is 0 Å². The fourth-order valence-electron chi connectivity index (χ4n) is 6.76. The van der Waals surface area contributed by atoms with Crippen molar-refractivity contribution in [3.63, 3.8) is 0 Å². The fourth-order valence-corrected chi connectivity index (χ4v) is 14.6. The van der Waals surface area contributed by atoms with Gasteiger partial charge in [0.25, 0.3) is 0 Å². The van der Waals surface area contributed by atoms with Gasteiger partial charge >= 0.3 is 44.7 Å². The van der Waals surface area contributed by atoms with Crippen molar-refractivity contribution < 1.29 is 73.2 Å². The molecule has 0 bridgehead atoms. The Labute approximate surface area is 378 Å². The number of carbonyl (C=O) groups is 3. The number of alkyl carbamates (subject to hydrolysis) is 3. The second-order valence-electron chi connectivity index (χ2n) is 14.0. The Morgan fingerprint density at radius 3 is 1.11 bits per heavy atom. The summed E-state index contributed by atoms with van der Waals surface area (Å²) in [7, 11) is -8.60. The van der Waals surface area contributed by atoms with Crippen molar-refractivity contribution in [3.05, 3.63) is 34.9 Å². The number of carbonyl (C=O) groups excluding carboxylic acids is 3. The van der Waals surface area contributed by atoms with Gasteiger partial charge in [-0.3, -0.25) is 0 Å². The first kappa shape index (κ1) is 56.4. The van der Waals surface area contributed by atoms with Gasteiger partial charge in [0.2, 0.25) is 0 Å². The van der Waals surface area contributed by atoms with Gasteiger partial charge in [0, 0.05) is 97.2 Å². The summed E-state index contributed by atoms with van der Waals surface area (Å²) in [6.07, 6.45) is -1.41. The van der Waals surface area contributed by atoms with Gasteiger partial charge < -0.3 is 74.7 Å². The molecule has 1 saturated heterocycles. The Morgan fingerprint density at radius 2 is 0.825 bits per heavy atom. The molecular weight excluding hydrogens is 875 g/mol. The van der Waals surface area contributed by atoms with Crippen LogP contribution in [0.1, 0.15) is 104 Å². The molecule has 364 valence electrons. The smallest absolute Gasteiger partial charge is 0.445 e. The first-order valence-electron chi connectivity index (χ1n) is 22.7. The Morgan fingerprint density at radius 1 is 0.524 bits per heavy atom. The zero-order valence-electron chi connectivity index (χ0n) is 39.3. The molecule has 19 nitrogen and oxygen atoms in total. The van der Waals surface area contributed by atoms with E-state index in [2.05, 4.69) is 16.0 Å². The molecule has 1 aromatic rings. The lowest BCUT2D eigenvalue weighted by molar-refractivity contribution is 0.0691. The zero-order chi connectivity index (χ0) is 46.4. The molecule has 63 heavy (non-hydrogen) atoms. The molecule has 3 N–H and O–H groups in total. The minimum absolute atomic E-state index is 0.116. The number of hydrogen-bond donors (Lipinski definition) is 3. The Balaban J connectivity index is 2.16. The number of epoxide rings is 1. The van der Waals surface area contributed by atoms with Gasteiger partial charge in [0.05, 0.1) is 6.61 Å². The van der Waals surface area contributed by atoms with Gasteiger partial charge in [0.15, 0.2) is 6.10 Å². The largest absolute Gasteiger partial charge is 0.500 e. The molecule has 0 radical (unpaired) electrons. The van der Waals surface area contributed by atoms with Crippen LogP contribution in [0.2, 0.25) is 18.1 Å². The second kappa shape index (κ2) is 32.0. The molecule has 0 aliphatic carbocycles. The maximum Gasteiger partial charge on any atom is 0.500 e. The number of rotatable bonds is 37. The third-order valence-corrected chi connectivity index (χ3v) is 18.6. The number of benzene rings is 1. The predicted molar refractivity (Wildman–Crippen MR) is 240 cm³/mol. The van der Waals surface area contributed by atoms with Crippen LogP contribution in [0, 0.1) is 0 Å². The summed E-state index contributed by atoms with van der Waals surface area (Å²) < 4.78 is 76.0. The molecule has 0 aromatic heterocycles. The summed E-state index contributed by atoms with van der Waals surface area (Å²) >= 11 is 0. The van der Waals surface area contributed by atoms with Crippen molar-refractivity contribution in [2.45, 2.75) is 125 Å². The Hall–Kier alpha value is -2.72. The van der Waals surface area contributed by atoms with Crippen LogP contribution in [0.3, 0.4) is 0 Å². The zero-order valence-corrected chi connectivity index (χ0v) is 42.3. The molecular formula is C41H77N3O16Si3. The maximum atomic E-state index is 13.2. The molecule has 1 fully saturated rings. The molecule has 1 heterocycles. The number of amides is 3. The highest BCUT2D eigenvalue weighted by Gasteiger charge is 2.42. The normalized spacial score (nSPS) is 14.5. The predicted octanol–water partition coefficient (Wildman–Crippen LogP) is 6.62. The average Bonchev–Trinajstić information content (AvgIpc) is 4.10. The van der Waals surface area contributed by atoms with Crippen LogP contribution in [0.25, 0.3) is 0 Å². The van der Waals surface area contributed by atoms with E-state index in [4.69, 9.17) is 58.8 Å². The number of hydrogen-bond acceptors (Lipinski definition) is 16. The van der Waals surface area contributed by atoms with Crippen molar-refractivity contribution in [2.24, 2.45) is 0 Å². The molecule has 1 aliphatic heterocycles. The summed E-state index contributed by atoms with van der Waals surface area (Å²) in [6.45, 7) is 22.3. The minimum atomic E-state index is -2.88. The van der Waals surface area contributed by atoms with Crippen LogP contribution < -0.4 is 16.0 Å². The molecule has 1 aliphatic rings. The van der Waals surface area contributed by atoms with Crippen LogP contribution in [0.15, 0.2) is 18.2 Å². The highest BCUT2D eigenvalue weighted by atomic mass is 28.4. The van der Waals surface area contributed by atoms with Gasteiger partial charge in [-0.15, -0.1) is 0 Å². The molecule has 0 spiro atoms. The van der Waals surface area contributed by atoms with Crippen molar-refractivity contribution in [1.29, 1.82) is 0 Å². The van der Waals surface area contributed by atoms with E-state index in [-0.39, 0.29) is 13.2 Å². The first-order chi connectivity index (χ1) is 30.4. The van der Waals surface area contributed by atoms with E-state index in [1.165, 1.54) is 0 Å². The topological polar surface area (TPSA) is 211 Å². The van der Waals surface area contributed by atoms with Crippen LogP contribution in [0.4, 0.5) is 14.4 Å². The van der Waals surface area contributed by atoms with Crippen molar-refractivity contribution in [3.8, 4) is 0 Å². The number of nitrogens with one attached hydrogen (secondary N) is 3. The van der Waals surface area contributed by atoms with Crippen LogP contribution in [0.5, 0.6) is 0 Å². The minimum Gasteiger partial charge on any atom is -0.445 e. The van der Waals surface area contributed by atoms with E-state index in [0.29, 0.717) is 140 Å². The molecule has 0 saturated carbocycles. The highest BCUT2D eigenvalue weighted by molar-refractivity contribution is 6.61. The van der Waals surface area contributed by atoms with E-state index in [1.54, 1.807) is 18.2 Å². The van der Waals surface area contributed by atoms with Crippen LogP contribution in [-0.2, 0) is 72.0 Å². The molecule has 2 unspecified atom stereocenters. The third kappa shape index (κ3) is 21.9. The standard InChI is InChI=1S/C41H77N3O16Si3/c1-10-51-61(52-11-2,53-12-3)25-19-22-42-39(45)49-31-34-28-35(32-50-40(46)43-23-20-26-62(54-13-4,55-14-5)56-15-6)30-36(29-34)38(37-33-48-37)60-41(47)44-24-21-27-63(57-16-7,58-17-8)59-18-9/h28-30,37-38H,10-27,31-33H2,1-9H3,(H,42,45)(H,43,46)(H,44,47). The van der Waals surface area contributed by atoms with Crippen molar-refractivity contribution in [2.75, 3.05) is 85.7 Å². The summed E-state index contributed by atoms with van der Waals surface area (Å²) in [5.74, 6) is 0. The summed E-state index contributed by atoms with van der Waals surface area (Å²) in [6, 6.07) is 6.91. The lowest BCUT2D eigenvalue weighted by Crippen LogP contribution is -2.46. The van der Waals surface area contributed by atoms with E-state index in [9.17, 15) is 14.4 Å². The summed E-state index contributed by atoms with van der Waals surface area (Å²) in [5.41, 5.74) is 1.75. The van der Waals surface area contributed by atoms with E-state index in [1.807, 2.05) is 62.3 Å². The molecule has 1 aromatic carbocycles. The van der Waals surface area contributed by atoms with Crippen LogP contribution in [-0.4, -0.2) is 137 Å². The molecule has 3 amide bonds. The maximum absolute atomic E-state index is 13.2. The molecule has 2 atom stereocenters. The second-order valence-corrected chi connectivity index (χ2v) is 22.2. The third-order valence-electron chi connectivity index (χ3n) is 9.14. The average molecular weight is 952 g/mol. The van der Waals surface area contributed by atoms with Gasteiger partial charge in [-0.1, -0.05) is 0 Å². The van der Waals surface area contributed by atoms with Gasteiger partial charge in [-0.2, -0.15) is 0 Å². The van der Waals surface area contributed by atoms with Gasteiger partial charge in [-0.05, 0) is 116 Å². The number of ether oxygens (including phenoxy) is 4. The highest BCUT2D eigenvalue weighted by Crippen LogP contribution is 2.33. The lowest BCUT2D eigenvalue weighted by atomic mass is 10.0. The Kier molecular flexibility index (Phi) is 28.7. The van der Waals surface area contributed by atoms with Gasteiger partial charge in [-0.25, -0.2) is 14.4 Å². The Bertz CT molecular complexity index is 1310. The fraction of sp³-hybridized carbons (Fsp3) is 0.780. The van der Waals surface area contributed by atoms with E-state index >= 15 is 0 Å². The lowest BCUT2D eigenvalue weighted by Gasteiger charge is -2.28.